The zero-order chi connectivity index (χ0) is 16.2. The number of thiazole rings is 1. The van der Waals surface area contributed by atoms with Crippen LogP contribution in [0.1, 0.15) is 28.6 Å². The number of hydrogen-bond donors (Lipinski definition) is 0. The van der Waals surface area contributed by atoms with Crippen molar-refractivity contribution in [2.75, 3.05) is 19.7 Å². The molecule has 1 aliphatic heterocycles. The van der Waals surface area contributed by atoms with Gasteiger partial charge < -0.3 is 9.64 Å². The van der Waals surface area contributed by atoms with E-state index in [0.29, 0.717) is 18.2 Å². The van der Waals surface area contributed by atoms with Crippen LogP contribution in [0.4, 0.5) is 4.39 Å². The molecule has 1 aliphatic rings. The van der Waals surface area contributed by atoms with E-state index < -0.39 is 0 Å². The van der Waals surface area contributed by atoms with Crippen LogP contribution in [0.2, 0.25) is 0 Å². The number of aryl methyl sites for hydroxylation is 1. The largest absolute Gasteiger partial charge is 0.484 e. The Labute approximate surface area is 138 Å². The number of benzene rings is 1. The first-order valence-electron chi connectivity index (χ1n) is 7.70. The van der Waals surface area contributed by atoms with E-state index in [2.05, 4.69) is 4.98 Å². The third-order valence-corrected chi connectivity index (χ3v) is 5.01. The third-order valence-electron chi connectivity index (χ3n) is 3.94. The zero-order valence-corrected chi connectivity index (χ0v) is 13.8. The van der Waals surface area contributed by atoms with Crippen LogP contribution in [0.25, 0.3) is 0 Å². The molecule has 122 valence electrons. The van der Waals surface area contributed by atoms with Gasteiger partial charge in [0.15, 0.2) is 6.61 Å². The summed E-state index contributed by atoms with van der Waals surface area (Å²) in [7, 11) is 0. The summed E-state index contributed by atoms with van der Waals surface area (Å²) in [5, 5.41) is 1.11. The molecule has 1 aromatic carbocycles. The van der Waals surface area contributed by atoms with Crippen molar-refractivity contribution in [1.82, 2.24) is 9.88 Å². The van der Waals surface area contributed by atoms with Gasteiger partial charge in [0.25, 0.3) is 5.91 Å². The minimum atomic E-state index is -0.318. The second-order valence-corrected chi connectivity index (χ2v) is 7.00. The topological polar surface area (TPSA) is 42.4 Å². The van der Waals surface area contributed by atoms with Crippen LogP contribution in [0.15, 0.2) is 30.5 Å². The van der Waals surface area contributed by atoms with Gasteiger partial charge in [-0.2, -0.15) is 0 Å². The van der Waals surface area contributed by atoms with Gasteiger partial charge in [0.2, 0.25) is 0 Å². The van der Waals surface area contributed by atoms with E-state index in [0.717, 1.165) is 24.4 Å². The molecule has 1 saturated heterocycles. The van der Waals surface area contributed by atoms with Crippen LogP contribution in [0.3, 0.4) is 0 Å². The molecule has 4 nitrogen and oxygen atoms in total. The number of amides is 1. The molecule has 1 amide bonds. The fourth-order valence-corrected chi connectivity index (χ4v) is 3.63. The molecular formula is C17H19FN2O2S. The first kappa shape index (κ1) is 15.9. The fourth-order valence-electron chi connectivity index (χ4n) is 2.73. The molecule has 0 saturated carbocycles. The number of nitrogens with zero attached hydrogens (tertiary/aromatic N) is 2. The summed E-state index contributed by atoms with van der Waals surface area (Å²) in [6, 6.07) is 5.70. The number of piperidine rings is 1. The lowest BCUT2D eigenvalue weighted by Gasteiger charge is -2.31. The summed E-state index contributed by atoms with van der Waals surface area (Å²) < 4.78 is 18.3. The summed E-state index contributed by atoms with van der Waals surface area (Å²) in [4.78, 5) is 19.8. The lowest BCUT2D eigenvalue weighted by Crippen LogP contribution is -2.41. The van der Waals surface area contributed by atoms with Crippen molar-refractivity contribution >= 4 is 17.2 Å². The lowest BCUT2D eigenvalue weighted by atomic mass is 9.99. The molecule has 1 fully saturated rings. The summed E-state index contributed by atoms with van der Waals surface area (Å²) >= 11 is 1.70. The minimum absolute atomic E-state index is 0.0186. The van der Waals surface area contributed by atoms with E-state index in [1.807, 2.05) is 18.0 Å². The van der Waals surface area contributed by atoms with Crippen LogP contribution in [0.5, 0.6) is 5.75 Å². The Balaban J connectivity index is 1.55. The van der Waals surface area contributed by atoms with Gasteiger partial charge in [0.1, 0.15) is 11.6 Å². The van der Waals surface area contributed by atoms with Gasteiger partial charge in [0, 0.05) is 30.1 Å². The van der Waals surface area contributed by atoms with E-state index in [-0.39, 0.29) is 18.3 Å². The predicted molar refractivity (Wildman–Crippen MR) is 87.3 cm³/mol. The molecule has 0 spiro atoms. The van der Waals surface area contributed by atoms with Crippen LogP contribution in [0, 0.1) is 12.7 Å². The highest BCUT2D eigenvalue weighted by Gasteiger charge is 2.26. The smallest absolute Gasteiger partial charge is 0.260 e. The van der Waals surface area contributed by atoms with Gasteiger partial charge >= 0.3 is 0 Å². The van der Waals surface area contributed by atoms with Crippen molar-refractivity contribution in [3.63, 3.8) is 0 Å². The number of likely N-dealkylation sites (tertiary alicyclic amines) is 1. The normalized spacial score (nSPS) is 18.0. The number of ether oxygens (including phenoxy) is 1. The molecule has 0 N–H and O–H groups in total. The van der Waals surface area contributed by atoms with Crippen molar-refractivity contribution < 1.29 is 13.9 Å². The van der Waals surface area contributed by atoms with Crippen molar-refractivity contribution in [3.05, 3.63) is 46.2 Å². The molecular weight excluding hydrogens is 315 g/mol. The Morgan fingerprint density at radius 2 is 2.22 bits per heavy atom. The SMILES string of the molecule is Cc1cnc(C2CCCN(C(=O)COc3ccc(F)cc3)C2)s1. The second-order valence-electron chi connectivity index (χ2n) is 5.73. The van der Waals surface area contributed by atoms with Crippen LogP contribution < -0.4 is 4.74 Å². The number of rotatable bonds is 4. The average molecular weight is 334 g/mol. The van der Waals surface area contributed by atoms with E-state index in [4.69, 9.17) is 4.74 Å². The molecule has 0 radical (unpaired) electrons. The standard InChI is InChI=1S/C17H19FN2O2S/c1-12-9-19-17(23-12)13-3-2-8-20(10-13)16(21)11-22-15-6-4-14(18)5-7-15/h4-7,9,13H,2-3,8,10-11H2,1H3. The zero-order valence-electron chi connectivity index (χ0n) is 13.0. The van der Waals surface area contributed by atoms with Crippen molar-refractivity contribution in [1.29, 1.82) is 0 Å². The van der Waals surface area contributed by atoms with E-state index >= 15 is 0 Å². The number of carbonyl (C=O) groups excluding carboxylic acids is 1. The Morgan fingerprint density at radius 3 is 2.91 bits per heavy atom. The van der Waals surface area contributed by atoms with Gasteiger partial charge in [0.05, 0.1) is 5.01 Å². The van der Waals surface area contributed by atoms with Crippen molar-refractivity contribution in [2.45, 2.75) is 25.7 Å². The molecule has 2 aromatic rings. The number of aromatic nitrogens is 1. The highest BCUT2D eigenvalue weighted by atomic mass is 32.1. The average Bonchev–Trinajstić information content (AvgIpc) is 3.01. The first-order valence-corrected chi connectivity index (χ1v) is 8.52. The molecule has 0 bridgehead atoms. The summed E-state index contributed by atoms with van der Waals surface area (Å²) in [6.07, 6.45) is 3.93. The summed E-state index contributed by atoms with van der Waals surface area (Å²) in [5.41, 5.74) is 0. The molecule has 1 atom stereocenters. The number of carbonyl (C=O) groups is 1. The summed E-state index contributed by atoms with van der Waals surface area (Å²) in [6.45, 7) is 3.48. The molecule has 0 aliphatic carbocycles. The van der Waals surface area contributed by atoms with Gasteiger partial charge in [-0.05, 0) is 44.0 Å². The highest BCUT2D eigenvalue weighted by molar-refractivity contribution is 7.11. The van der Waals surface area contributed by atoms with E-state index in [1.54, 1.807) is 11.3 Å². The molecule has 23 heavy (non-hydrogen) atoms. The lowest BCUT2D eigenvalue weighted by molar-refractivity contribution is -0.134. The van der Waals surface area contributed by atoms with E-state index in [9.17, 15) is 9.18 Å². The van der Waals surface area contributed by atoms with Crippen molar-refractivity contribution in [2.24, 2.45) is 0 Å². The van der Waals surface area contributed by atoms with Crippen molar-refractivity contribution in [3.8, 4) is 5.75 Å². The molecule has 6 heteroatoms. The summed E-state index contributed by atoms with van der Waals surface area (Å²) in [5.74, 6) is 0.467. The van der Waals surface area contributed by atoms with Gasteiger partial charge in [-0.3, -0.25) is 4.79 Å². The monoisotopic (exact) mass is 334 g/mol. The Hall–Kier alpha value is -1.95. The molecule has 1 aromatic heterocycles. The van der Waals surface area contributed by atoms with Crippen LogP contribution in [-0.2, 0) is 4.79 Å². The van der Waals surface area contributed by atoms with Gasteiger partial charge in [-0.1, -0.05) is 0 Å². The number of hydrogen-bond acceptors (Lipinski definition) is 4. The van der Waals surface area contributed by atoms with Gasteiger partial charge in [-0.25, -0.2) is 9.37 Å². The Morgan fingerprint density at radius 1 is 1.43 bits per heavy atom. The first-order chi connectivity index (χ1) is 11.1. The van der Waals surface area contributed by atoms with Crippen LogP contribution >= 0.6 is 11.3 Å². The Kier molecular flexibility index (Phi) is 4.91. The fraction of sp³-hybridized carbons (Fsp3) is 0.412. The molecule has 3 rings (SSSR count). The maximum atomic E-state index is 12.8. The van der Waals surface area contributed by atoms with Gasteiger partial charge in [-0.15, -0.1) is 11.3 Å². The maximum Gasteiger partial charge on any atom is 0.260 e. The molecule has 2 heterocycles. The second kappa shape index (κ2) is 7.08. The predicted octanol–water partition coefficient (Wildman–Crippen LogP) is 3.38. The third kappa shape index (κ3) is 4.07. The Bertz CT molecular complexity index is 671. The highest BCUT2D eigenvalue weighted by Crippen LogP contribution is 2.29. The number of halogens is 1. The van der Waals surface area contributed by atoms with Crippen LogP contribution in [-0.4, -0.2) is 35.5 Å². The maximum absolute atomic E-state index is 12.8. The quantitative estimate of drug-likeness (QED) is 0.861. The minimum Gasteiger partial charge on any atom is -0.484 e. The van der Waals surface area contributed by atoms with E-state index in [1.165, 1.54) is 29.1 Å². The molecule has 1 unspecified atom stereocenters.